The molecular weight excluding hydrogens is 300 g/mol. The van der Waals surface area contributed by atoms with Crippen LogP contribution in [0.4, 0.5) is 0 Å². The first kappa shape index (κ1) is 23.4. The van der Waals surface area contributed by atoms with Gasteiger partial charge in [-0.3, -0.25) is 4.79 Å². The van der Waals surface area contributed by atoms with Crippen molar-refractivity contribution in [1.82, 2.24) is 0 Å². The third-order valence-corrected chi connectivity index (χ3v) is 4.42. The van der Waals surface area contributed by atoms with E-state index in [1.807, 2.05) is 0 Å². The highest BCUT2D eigenvalue weighted by molar-refractivity contribution is 5.69. The molecule has 0 heterocycles. The summed E-state index contributed by atoms with van der Waals surface area (Å²) in [6.07, 6.45) is 19.8. The molecule has 0 aromatic heterocycles. The summed E-state index contributed by atoms with van der Waals surface area (Å²) in [5.41, 5.74) is 10.7. The Morgan fingerprint density at radius 3 is 1.46 bits per heavy atom. The Kier molecular flexibility index (Phi) is 18.2. The Labute approximate surface area is 150 Å². The SMILES string of the molecule is CCCCCCCCCCCCCCCCCC(=O)OCC(N)N. The summed E-state index contributed by atoms with van der Waals surface area (Å²) in [5.74, 6) is -0.175. The summed E-state index contributed by atoms with van der Waals surface area (Å²) in [6.45, 7) is 2.39. The fraction of sp³-hybridized carbons (Fsp3) is 0.950. The lowest BCUT2D eigenvalue weighted by Crippen LogP contribution is -2.36. The van der Waals surface area contributed by atoms with Gasteiger partial charge in [0.2, 0.25) is 0 Å². The lowest BCUT2D eigenvalue weighted by Gasteiger charge is -2.07. The lowest BCUT2D eigenvalue weighted by molar-refractivity contribution is -0.144. The number of nitrogens with two attached hydrogens (primary N) is 2. The van der Waals surface area contributed by atoms with Crippen LogP contribution in [0, 0.1) is 0 Å². The number of carbonyl (C=O) groups is 1. The molecule has 0 aromatic carbocycles. The van der Waals surface area contributed by atoms with Crippen molar-refractivity contribution in [3.05, 3.63) is 0 Å². The number of unbranched alkanes of at least 4 members (excludes halogenated alkanes) is 14. The van der Waals surface area contributed by atoms with Crippen LogP contribution in [0.15, 0.2) is 0 Å². The van der Waals surface area contributed by atoms with Gasteiger partial charge in [0, 0.05) is 6.42 Å². The van der Waals surface area contributed by atoms with Crippen molar-refractivity contribution in [2.45, 2.75) is 116 Å². The number of hydrogen-bond donors (Lipinski definition) is 2. The smallest absolute Gasteiger partial charge is 0.305 e. The van der Waals surface area contributed by atoms with Crippen molar-refractivity contribution in [3.8, 4) is 0 Å². The van der Waals surface area contributed by atoms with E-state index in [9.17, 15) is 4.79 Å². The summed E-state index contributed by atoms with van der Waals surface area (Å²) in [7, 11) is 0. The van der Waals surface area contributed by atoms with Crippen molar-refractivity contribution in [2.75, 3.05) is 6.61 Å². The number of hydrogen-bond acceptors (Lipinski definition) is 4. The highest BCUT2D eigenvalue weighted by Gasteiger charge is 2.04. The third-order valence-electron chi connectivity index (χ3n) is 4.42. The number of ether oxygens (including phenoxy) is 1. The van der Waals surface area contributed by atoms with Crippen LogP contribution in [0.1, 0.15) is 110 Å². The summed E-state index contributed by atoms with van der Waals surface area (Å²) >= 11 is 0. The van der Waals surface area contributed by atoms with Gasteiger partial charge in [0.15, 0.2) is 0 Å². The second-order valence-corrected chi connectivity index (χ2v) is 7.05. The third kappa shape index (κ3) is 19.4. The minimum atomic E-state index is -0.560. The first-order chi connectivity index (χ1) is 11.7. The predicted molar refractivity (Wildman–Crippen MR) is 103 cm³/mol. The van der Waals surface area contributed by atoms with E-state index in [-0.39, 0.29) is 12.6 Å². The number of rotatable bonds is 18. The molecule has 0 saturated heterocycles. The molecule has 0 radical (unpaired) electrons. The molecule has 4 N–H and O–H groups in total. The van der Waals surface area contributed by atoms with Crippen LogP contribution in [0.25, 0.3) is 0 Å². The summed E-state index contributed by atoms with van der Waals surface area (Å²) < 4.78 is 4.93. The van der Waals surface area contributed by atoms with Gasteiger partial charge < -0.3 is 16.2 Å². The maximum Gasteiger partial charge on any atom is 0.305 e. The maximum atomic E-state index is 11.3. The fourth-order valence-electron chi connectivity index (χ4n) is 2.90. The Bertz CT molecular complexity index is 270. The van der Waals surface area contributed by atoms with E-state index < -0.39 is 6.17 Å². The zero-order valence-corrected chi connectivity index (χ0v) is 16.1. The highest BCUT2D eigenvalue weighted by atomic mass is 16.5. The zero-order chi connectivity index (χ0) is 17.9. The van der Waals surface area contributed by atoms with E-state index in [2.05, 4.69) is 6.92 Å². The van der Waals surface area contributed by atoms with Gasteiger partial charge in [-0.15, -0.1) is 0 Å². The topological polar surface area (TPSA) is 78.3 Å². The van der Waals surface area contributed by atoms with Crippen LogP contribution in [0.5, 0.6) is 0 Å². The molecule has 0 aliphatic rings. The van der Waals surface area contributed by atoms with Gasteiger partial charge in [0.05, 0.1) is 6.17 Å². The molecule has 0 atom stereocenters. The molecule has 0 saturated carbocycles. The van der Waals surface area contributed by atoms with Gasteiger partial charge in [-0.05, 0) is 6.42 Å². The van der Waals surface area contributed by atoms with Crippen molar-refractivity contribution in [3.63, 3.8) is 0 Å². The maximum absolute atomic E-state index is 11.3. The Hall–Kier alpha value is -0.610. The average molecular weight is 343 g/mol. The summed E-state index contributed by atoms with van der Waals surface area (Å²) in [6, 6.07) is 0. The Morgan fingerprint density at radius 2 is 1.08 bits per heavy atom. The van der Waals surface area contributed by atoms with Gasteiger partial charge in [-0.25, -0.2) is 0 Å². The molecule has 0 aliphatic heterocycles. The lowest BCUT2D eigenvalue weighted by atomic mass is 10.0. The Morgan fingerprint density at radius 1 is 0.708 bits per heavy atom. The standard InChI is InChI=1S/C20H42N2O2/c1-2-3-4-5-6-7-8-9-10-11-12-13-14-15-16-17-20(23)24-18-19(21)22/h19H,2-18,21-22H2,1H3. The van der Waals surface area contributed by atoms with Gasteiger partial charge in [-0.2, -0.15) is 0 Å². The average Bonchev–Trinajstić information content (AvgIpc) is 2.56. The molecule has 24 heavy (non-hydrogen) atoms. The number of carbonyl (C=O) groups excluding carboxylic acids is 1. The molecule has 0 unspecified atom stereocenters. The van der Waals surface area contributed by atoms with Crippen LogP contribution in [0.2, 0.25) is 0 Å². The van der Waals surface area contributed by atoms with Crippen molar-refractivity contribution in [1.29, 1.82) is 0 Å². The molecule has 4 nitrogen and oxygen atoms in total. The van der Waals surface area contributed by atoms with Crippen LogP contribution in [-0.4, -0.2) is 18.7 Å². The highest BCUT2D eigenvalue weighted by Crippen LogP contribution is 2.13. The van der Waals surface area contributed by atoms with E-state index in [1.165, 1.54) is 83.5 Å². The zero-order valence-electron chi connectivity index (χ0n) is 16.1. The molecule has 0 bridgehead atoms. The van der Waals surface area contributed by atoms with Crippen LogP contribution < -0.4 is 11.5 Å². The fourth-order valence-corrected chi connectivity index (χ4v) is 2.90. The van der Waals surface area contributed by atoms with Gasteiger partial charge in [-0.1, -0.05) is 96.8 Å². The monoisotopic (exact) mass is 342 g/mol. The molecular formula is C20H42N2O2. The summed E-state index contributed by atoms with van der Waals surface area (Å²) in [5, 5.41) is 0. The molecule has 0 rings (SSSR count). The number of esters is 1. The Balaban J connectivity index is 3.08. The molecule has 144 valence electrons. The molecule has 0 spiro atoms. The van der Waals surface area contributed by atoms with Crippen molar-refractivity contribution in [2.24, 2.45) is 11.5 Å². The van der Waals surface area contributed by atoms with Crippen molar-refractivity contribution >= 4 is 5.97 Å². The molecule has 0 aromatic rings. The first-order valence-corrected chi connectivity index (χ1v) is 10.3. The van der Waals surface area contributed by atoms with E-state index in [0.29, 0.717) is 6.42 Å². The molecule has 4 heteroatoms. The molecule has 0 fully saturated rings. The second-order valence-electron chi connectivity index (χ2n) is 7.05. The largest absolute Gasteiger partial charge is 0.463 e. The molecule has 0 aliphatic carbocycles. The van der Waals surface area contributed by atoms with Crippen molar-refractivity contribution < 1.29 is 9.53 Å². The normalized spacial score (nSPS) is 11.2. The van der Waals surface area contributed by atoms with Crippen LogP contribution >= 0.6 is 0 Å². The minimum absolute atomic E-state index is 0.123. The van der Waals surface area contributed by atoms with E-state index in [4.69, 9.17) is 16.2 Å². The first-order valence-electron chi connectivity index (χ1n) is 10.3. The second kappa shape index (κ2) is 18.7. The predicted octanol–water partition coefficient (Wildman–Crippen LogP) is 5.03. The van der Waals surface area contributed by atoms with Gasteiger partial charge >= 0.3 is 5.97 Å². The minimum Gasteiger partial charge on any atom is -0.463 e. The van der Waals surface area contributed by atoms with Gasteiger partial charge in [0.25, 0.3) is 0 Å². The summed E-state index contributed by atoms with van der Waals surface area (Å²) in [4.78, 5) is 11.3. The van der Waals surface area contributed by atoms with E-state index in [0.717, 1.165) is 12.8 Å². The quantitative estimate of drug-likeness (QED) is 0.208. The van der Waals surface area contributed by atoms with Crippen LogP contribution in [0.3, 0.4) is 0 Å². The van der Waals surface area contributed by atoms with E-state index in [1.54, 1.807) is 0 Å². The molecule has 0 amide bonds. The van der Waals surface area contributed by atoms with Crippen LogP contribution in [-0.2, 0) is 9.53 Å². The van der Waals surface area contributed by atoms with E-state index >= 15 is 0 Å². The van der Waals surface area contributed by atoms with Gasteiger partial charge in [0.1, 0.15) is 6.61 Å².